The molecule has 1 fully saturated rings. The highest BCUT2D eigenvalue weighted by molar-refractivity contribution is 9.10. The largest absolute Gasteiger partial charge is 0.381 e. The average molecular weight is 480 g/mol. The van der Waals surface area contributed by atoms with E-state index in [2.05, 4.69) is 31.5 Å². The highest BCUT2D eigenvalue weighted by Crippen LogP contribution is 2.36. The minimum Gasteiger partial charge on any atom is -0.381 e. The molecule has 1 saturated heterocycles. The number of hydrogen-bond acceptors (Lipinski definition) is 4. The Hall–Kier alpha value is -3.03. The maximum absolute atomic E-state index is 13.4. The zero-order valence-electron chi connectivity index (χ0n) is 16.8. The topological polar surface area (TPSA) is 80.3 Å². The van der Waals surface area contributed by atoms with Gasteiger partial charge in [-0.1, -0.05) is 36.4 Å². The first-order valence-electron chi connectivity index (χ1n) is 10.0. The van der Waals surface area contributed by atoms with E-state index in [1.165, 1.54) is 0 Å². The Morgan fingerprint density at radius 3 is 2.42 bits per heavy atom. The van der Waals surface area contributed by atoms with Crippen LogP contribution in [0.25, 0.3) is 0 Å². The second-order valence-corrected chi connectivity index (χ2v) is 8.33. The van der Waals surface area contributed by atoms with Crippen molar-refractivity contribution in [3.63, 3.8) is 0 Å². The third-order valence-corrected chi connectivity index (χ3v) is 5.93. The third-order valence-electron chi connectivity index (χ3n) is 5.46. The Balaban J connectivity index is 1.53. The van der Waals surface area contributed by atoms with Gasteiger partial charge < -0.3 is 15.4 Å². The highest BCUT2D eigenvalue weighted by atomic mass is 79.9. The lowest BCUT2D eigenvalue weighted by molar-refractivity contribution is -0.125. The Morgan fingerprint density at radius 1 is 0.935 bits per heavy atom. The summed E-state index contributed by atoms with van der Waals surface area (Å²) in [6.07, 6.45) is 2.83. The number of rotatable bonds is 5. The van der Waals surface area contributed by atoms with Crippen molar-refractivity contribution in [1.82, 2.24) is 4.98 Å². The number of hydrogen-bond donors (Lipinski definition) is 2. The molecule has 0 spiro atoms. The molecule has 0 atom stereocenters. The van der Waals surface area contributed by atoms with Crippen molar-refractivity contribution in [3.8, 4) is 0 Å². The lowest BCUT2D eigenvalue weighted by Crippen LogP contribution is -2.44. The lowest BCUT2D eigenvalue weighted by atomic mass is 9.73. The number of pyridine rings is 1. The molecule has 1 aliphatic heterocycles. The molecule has 3 aromatic rings. The Bertz CT molecular complexity index is 1060. The van der Waals surface area contributed by atoms with Gasteiger partial charge in [0.1, 0.15) is 5.82 Å². The van der Waals surface area contributed by atoms with Crippen LogP contribution in [0.15, 0.2) is 77.4 Å². The van der Waals surface area contributed by atoms with Gasteiger partial charge in [0.05, 0.1) is 5.41 Å². The Morgan fingerprint density at radius 2 is 1.71 bits per heavy atom. The molecule has 2 heterocycles. The van der Waals surface area contributed by atoms with Crippen LogP contribution in [0.1, 0.15) is 28.8 Å². The molecule has 31 heavy (non-hydrogen) atoms. The van der Waals surface area contributed by atoms with E-state index in [-0.39, 0.29) is 11.8 Å². The molecule has 2 N–H and O–H groups in total. The fourth-order valence-corrected chi connectivity index (χ4v) is 3.99. The molecule has 0 aliphatic carbocycles. The van der Waals surface area contributed by atoms with Crippen LogP contribution in [-0.2, 0) is 14.9 Å². The Kier molecular flexibility index (Phi) is 6.44. The number of nitrogens with one attached hydrogen (secondary N) is 2. The fourth-order valence-electron chi connectivity index (χ4n) is 3.75. The maximum Gasteiger partial charge on any atom is 0.256 e. The molecule has 158 valence electrons. The summed E-state index contributed by atoms with van der Waals surface area (Å²) in [6.45, 7) is 1.07. The zero-order chi connectivity index (χ0) is 21.7. The molecular weight excluding hydrogens is 458 g/mol. The van der Waals surface area contributed by atoms with Crippen molar-refractivity contribution < 1.29 is 14.3 Å². The van der Waals surface area contributed by atoms with Gasteiger partial charge in [-0.2, -0.15) is 0 Å². The van der Waals surface area contributed by atoms with Gasteiger partial charge in [-0.3, -0.25) is 9.59 Å². The molecule has 7 heteroatoms. The summed E-state index contributed by atoms with van der Waals surface area (Å²) in [5, 5.41) is 5.78. The van der Waals surface area contributed by atoms with Crippen LogP contribution < -0.4 is 10.6 Å². The van der Waals surface area contributed by atoms with Gasteiger partial charge in [-0.25, -0.2) is 4.98 Å². The van der Waals surface area contributed by atoms with E-state index in [1.54, 1.807) is 42.6 Å². The average Bonchev–Trinajstić information content (AvgIpc) is 2.81. The molecule has 6 nitrogen and oxygen atoms in total. The second kappa shape index (κ2) is 9.41. The van der Waals surface area contributed by atoms with Crippen LogP contribution in [0.3, 0.4) is 0 Å². The number of anilines is 2. The molecule has 2 aromatic carbocycles. The second-order valence-electron chi connectivity index (χ2n) is 7.41. The number of carbonyl (C=O) groups is 2. The molecule has 1 aliphatic rings. The number of aromatic nitrogens is 1. The SMILES string of the molecule is O=C(Nc1ccc(Br)cn1)c1cccc(NC(=O)C2(c3ccccc3)CCOCC2)c1. The van der Waals surface area contributed by atoms with E-state index >= 15 is 0 Å². The fraction of sp³-hybridized carbons (Fsp3) is 0.208. The molecule has 0 saturated carbocycles. The van der Waals surface area contributed by atoms with E-state index in [1.807, 2.05) is 30.3 Å². The summed E-state index contributed by atoms with van der Waals surface area (Å²) < 4.78 is 6.35. The van der Waals surface area contributed by atoms with Crippen LogP contribution in [0.5, 0.6) is 0 Å². The number of nitrogens with zero attached hydrogens (tertiary/aromatic N) is 1. The number of amides is 2. The summed E-state index contributed by atoms with van der Waals surface area (Å²) >= 11 is 3.32. The lowest BCUT2D eigenvalue weighted by Gasteiger charge is -2.36. The molecule has 0 unspecified atom stereocenters. The van der Waals surface area contributed by atoms with E-state index in [0.717, 1.165) is 10.0 Å². The normalized spacial score (nSPS) is 15.1. The minimum atomic E-state index is -0.654. The summed E-state index contributed by atoms with van der Waals surface area (Å²) in [7, 11) is 0. The van der Waals surface area contributed by atoms with Crippen molar-refractivity contribution in [2.24, 2.45) is 0 Å². The first kappa shape index (κ1) is 21.2. The Labute approximate surface area is 189 Å². The number of ether oxygens (including phenoxy) is 1. The van der Waals surface area contributed by atoms with Crippen molar-refractivity contribution in [2.45, 2.75) is 18.3 Å². The maximum atomic E-state index is 13.4. The van der Waals surface area contributed by atoms with Crippen molar-refractivity contribution in [3.05, 3.63) is 88.5 Å². The number of carbonyl (C=O) groups excluding carboxylic acids is 2. The van der Waals surface area contributed by atoms with Crippen molar-refractivity contribution >= 4 is 39.2 Å². The van der Waals surface area contributed by atoms with E-state index in [4.69, 9.17) is 4.74 Å². The zero-order valence-corrected chi connectivity index (χ0v) is 18.4. The van der Waals surface area contributed by atoms with E-state index in [9.17, 15) is 9.59 Å². The number of halogens is 1. The monoisotopic (exact) mass is 479 g/mol. The first-order valence-corrected chi connectivity index (χ1v) is 10.8. The van der Waals surface area contributed by atoms with Gasteiger partial charge in [0.25, 0.3) is 5.91 Å². The standard InChI is InChI=1S/C24H22BrN3O3/c25-19-9-10-21(26-16-19)28-22(29)17-5-4-8-20(15-17)27-23(30)24(11-13-31-14-12-24)18-6-2-1-3-7-18/h1-10,15-16H,11-14H2,(H,27,30)(H,26,28,29). The molecule has 4 rings (SSSR count). The van der Waals surface area contributed by atoms with Crippen LogP contribution in [-0.4, -0.2) is 30.0 Å². The van der Waals surface area contributed by atoms with Crippen LogP contribution in [0.2, 0.25) is 0 Å². The molecule has 0 radical (unpaired) electrons. The summed E-state index contributed by atoms with van der Waals surface area (Å²) in [4.78, 5) is 30.2. The first-order chi connectivity index (χ1) is 15.1. The van der Waals surface area contributed by atoms with Gasteiger partial charge in [0.2, 0.25) is 5.91 Å². The van der Waals surface area contributed by atoms with Gasteiger partial charge >= 0.3 is 0 Å². The van der Waals surface area contributed by atoms with Gasteiger partial charge in [0.15, 0.2) is 0 Å². The molecule has 0 bridgehead atoms. The summed E-state index contributed by atoms with van der Waals surface area (Å²) in [5.41, 5.74) is 1.33. The molecule has 1 aromatic heterocycles. The van der Waals surface area contributed by atoms with Crippen LogP contribution >= 0.6 is 15.9 Å². The highest BCUT2D eigenvalue weighted by Gasteiger charge is 2.41. The molecular formula is C24H22BrN3O3. The summed E-state index contributed by atoms with van der Waals surface area (Å²) in [5.74, 6) is 0.0665. The van der Waals surface area contributed by atoms with Gasteiger partial charge in [0, 0.05) is 35.1 Å². The predicted molar refractivity (Wildman–Crippen MR) is 123 cm³/mol. The van der Waals surface area contributed by atoms with Gasteiger partial charge in [-0.05, 0) is 64.7 Å². The quantitative estimate of drug-likeness (QED) is 0.551. The summed E-state index contributed by atoms with van der Waals surface area (Å²) in [6, 6.07) is 20.2. The van der Waals surface area contributed by atoms with Crippen molar-refractivity contribution in [1.29, 1.82) is 0 Å². The number of benzene rings is 2. The van der Waals surface area contributed by atoms with Gasteiger partial charge in [-0.15, -0.1) is 0 Å². The van der Waals surface area contributed by atoms with Crippen LogP contribution in [0, 0.1) is 0 Å². The van der Waals surface area contributed by atoms with E-state index in [0.29, 0.717) is 43.1 Å². The van der Waals surface area contributed by atoms with Crippen LogP contribution in [0.4, 0.5) is 11.5 Å². The molecule has 2 amide bonds. The smallest absolute Gasteiger partial charge is 0.256 e. The van der Waals surface area contributed by atoms with Crippen molar-refractivity contribution in [2.75, 3.05) is 23.8 Å². The third kappa shape index (κ3) is 4.84. The van der Waals surface area contributed by atoms with E-state index < -0.39 is 5.41 Å². The minimum absolute atomic E-state index is 0.0888. The predicted octanol–water partition coefficient (Wildman–Crippen LogP) is 4.78.